The van der Waals surface area contributed by atoms with Gasteiger partial charge >= 0.3 is 0 Å². The normalized spacial score (nSPS) is 10.0. The average molecular weight is 150 g/mol. The van der Waals surface area contributed by atoms with Gasteiger partial charge in [0.15, 0.2) is 5.82 Å². The van der Waals surface area contributed by atoms with E-state index in [0.717, 1.165) is 0 Å². The van der Waals surface area contributed by atoms with E-state index in [2.05, 4.69) is 4.98 Å². The molecule has 0 aromatic carbocycles. The Balaban J connectivity index is 3.31. The Morgan fingerprint density at radius 3 is 2.20 bits per heavy atom. The van der Waals surface area contributed by atoms with E-state index in [0.29, 0.717) is 0 Å². The summed E-state index contributed by atoms with van der Waals surface area (Å²) in [5.74, 6) is -6.82. The first-order valence-electron chi connectivity index (χ1n) is 2.20. The van der Waals surface area contributed by atoms with Crippen LogP contribution in [0.15, 0.2) is 0 Å². The average Bonchev–Trinajstić information content (AvgIpc) is 1.82. The van der Waals surface area contributed by atoms with Crippen LogP contribution < -0.4 is 0 Å². The van der Waals surface area contributed by atoms with Crippen LogP contribution in [0.1, 0.15) is 0 Å². The highest BCUT2D eigenvalue weighted by Gasteiger charge is 2.11. The summed E-state index contributed by atoms with van der Waals surface area (Å²) in [5, 5.41) is 0. The maximum Gasteiger partial charge on any atom is 0.254 e. The fraction of sp³-hybridized carbons (Fsp3) is 0. The summed E-state index contributed by atoms with van der Waals surface area (Å²) in [6.07, 6.45) is 0. The molecular formula is C5F4N. The lowest BCUT2D eigenvalue weighted by Gasteiger charge is -1.91. The second-order valence-corrected chi connectivity index (χ2v) is 1.45. The highest BCUT2D eigenvalue weighted by molar-refractivity contribution is 4.99. The molecule has 0 bridgehead atoms. The second-order valence-electron chi connectivity index (χ2n) is 1.45. The zero-order chi connectivity index (χ0) is 7.72. The molecule has 1 aromatic rings. The van der Waals surface area contributed by atoms with Gasteiger partial charge in [-0.3, -0.25) is 0 Å². The summed E-state index contributed by atoms with van der Waals surface area (Å²) in [7, 11) is 0. The minimum Gasteiger partial charge on any atom is -0.203 e. The van der Waals surface area contributed by atoms with Crippen molar-refractivity contribution in [3.63, 3.8) is 0 Å². The Morgan fingerprint density at radius 2 is 1.70 bits per heavy atom. The van der Waals surface area contributed by atoms with Crippen LogP contribution in [0, 0.1) is 29.6 Å². The van der Waals surface area contributed by atoms with Crippen LogP contribution in [0.3, 0.4) is 0 Å². The van der Waals surface area contributed by atoms with Crippen molar-refractivity contribution in [2.75, 3.05) is 0 Å². The highest BCUT2D eigenvalue weighted by Crippen LogP contribution is 2.07. The number of hydrogen-bond acceptors (Lipinski definition) is 1. The second kappa shape index (κ2) is 2.24. The van der Waals surface area contributed by atoms with Crippen molar-refractivity contribution in [3.05, 3.63) is 29.6 Å². The van der Waals surface area contributed by atoms with Crippen molar-refractivity contribution in [3.8, 4) is 0 Å². The Bertz CT molecular complexity index is 237. The van der Waals surface area contributed by atoms with Gasteiger partial charge in [-0.05, 0) is 0 Å². The molecule has 0 aliphatic heterocycles. The highest BCUT2D eigenvalue weighted by atomic mass is 19.2. The minimum atomic E-state index is -1.82. The summed E-state index contributed by atoms with van der Waals surface area (Å²) in [4.78, 5) is 2.33. The van der Waals surface area contributed by atoms with Crippen molar-refractivity contribution < 1.29 is 17.6 Å². The molecule has 0 spiro atoms. The molecule has 0 N–H and O–H groups in total. The van der Waals surface area contributed by atoms with Crippen LogP contribution >= 0.6 is 0 Å². The first-order chi connectivity index (χ1) is 4.61. The van der Waals surface area contributed by atoms with Crippen LogP contribution in [0.4, 0.5) is 17.6 Å². The van der Waals surface area contributed by atoms with E-state index in [1.807, 2.05) is 0 Å². The molecule has 0 unspecified atom stereocenters. The van der Waals surface area contributed by atoms with E-state index < -0.39 is 23.5 Å². The fourth-order valence-electron chi connectivity index (χ4n) is 0.399. The van der Waals surface area contributed by atoms with Gasteiger partial charge in [0.05, 0.1) is 6.07 Å². The van der Waals surface area contributed by atoms with Crippen LogP contribution in [-0.2, 0) is 0 Å². The zero-order valence-electron chi connectivity index (χ0n) is 4.46. The summed E-state index contributed by atoms with van der Waals surface area (Å²) < 4.78 is 47.4. The van der Waals surface area contributed by atoms with E-state index >= 15 is 0 Å². The number of rotatable bonds is 0. The SMILES string of the molecule is Fc1[c]c(F)c(F)c(F)n1. The van der Waals surface area contributed by atoms with Crippen LogP contribution in [-0.4, -0.2) is 4.98 Å². The summed E-state index contributed by atoms with van der Waals surface area (Å²) in [6.45, 7) is 0. The van der Waals surface area contributed by atoms with Gasteiger partial charge in [0.2, 0.25) is 11.8 Å². The number of aromatic nitrogens is 1. The zero-order valence-corrected chi connectivity index (χ0v) is 4.46. The van der Waals surface area contributed by atoms with Gasteiger partial charge in [0, 0.05) is 0 Å². The third-order valence-corrected chi connectivity index (χ3v) is 0.783. The first kappa shape index (κ1) is 6.98. The molecule has 53 valence electrons. The fourth-order valence-corrected chi connectivity index (χ4v) is 0.399. The Labute approximate surface area is 53.3 Å². The molecule has 1 heterocycles. The maximum absolute atomic E-state index is 11.9. The van der Waals surface area contributed by atoms with Crippen LogP contribution in [0.25, 0.3) is 0 Å². The molecular weight excluding hydrogens is 150 g/mol. The molecule has 0 saturated carbocycles. The van der Waals surface area contributed by atoms with Gasteiger partial charge in [0.1, 0.15) is 0 Å². The summed E-state index contributed by atoms with van der Waals surface area (Å²) in [5.41, 5.74) is 0. The third-order valence-electron chi connectivity index (χ3n) is 0.783. The predicted octanol–water partition coefficient (Wildman–Crippen LogP) is 1.44. The van der Waals surface area contributed by atoms with Crippen molar-refractivity contribution >= 4 is 0 Å². The minimum absolute atomic E-state index is 1.22. The van der Waals surface area contributed by atoms with E-state index in [4.69, 9.17) is 0 Å². The standard InChI is InChI=1S/C5F4N/c6-2-1-3(7)10-5(9)4(2)8. The largest absolute Gasteiger partial charge is 0.254 e. The Morgan fingerprint density at radius 1 is 1.10 bits per heavy atom. The molecule has 0 amide bonds. The molecule has 0 atom stereocenters. The van der Waals surface area contributed by atoms with Gasteiger partial charge < -0.3 is 0 Å². The van der Waals surface area contributed by atoms with Crippen molar-refractivity contribution in [2.24, 2.45) is 0 Å². The van der Waals surface area contributed by atoms with Crippen molar-refractivity contribution in [2.45, 2.75) is 0 Å². The van der Waals surface area contributed by atoms with E-state index in [1.54, 1.807) is 0 Å². The Kier molecular flexibility index (Phi) is 1.57. The number of pyridine rings is 1. The molecule has 0 aliphatic rings. The van der Waals surface area contributed by atoms with Crippen LogP contribution in [0.5, 0.6) is 0 Å². The molecule has 0 fully saturated rings. The predicted molar refractivity (Wildman–Crippen MR) is 22.9 cm³/mol. The molecule has 1 radical (unpaired) electrons. The molecule has 0 aliphatic carbocycles. The van der Waals surface area contributed by atoms with E-state index in [1.165, 1.54) is 6.07 Å². The van der Waals surface area contributed by atoms with Gasteiger partial charge in [-0.2, -0.15) is 18.2 Å². The molecule has 1 rings (SSSR count). The lowest BCUT2D eigenvalue weighted by molar-refractivity contribution is 0.399. The molecule has 10 heavy (non-hydrogen) atoms. The Hall–Kier alpha value is -1.13. The third kappa shape index (κ3) is 1.07. The maximum atomic E-state index is 11.9. The lowest BCUT2D eigenvalue weighted by atomic mass is 10.4. The number of hydrogen-bond donors (Lipinski definition) is 0. The summed E-state index contributed by atoms with van der Waals surface area (Å²) >= 11 is 0. The van der Waals surface area contributed by atoms with Gasteiger partial charge in [-0.25, -0.2) is 4.39 Å². The summed E-state index contributed by atoms with van der Waals surface area (Å²) in [6, 6.07) is 1.22. The number of halogens is 4. The number of nitrogens with zero attached hydrogens (tertiary/aromatic N) is 1. The molecule has 5 heteroatoms. The van der Waals surface area contributed by atoms with E-state index in [-0.39, 0.29) is 0 Å². The van der Waals surface area contributed by atoms with Gasteiger partial charge in [0.25, 0.3) is 5.95 Å². The molecule has 1 nitrogen and oxygen atoms in total. The van der Waals surface area contributed by atoms with Gasteiger partial charge in [-0.1, -0.05) is 0 Å². The lowest BCUT2D eigenvalue weighted by Crippen LogP contribution is -1.97. The first-order valence-corrected chi connectivity index (χ1v) is 2.20. The van der Waals surface area contributed by atoms with Gasteiger partial charge in [-0.15, -0.1) is 0 Å². The van der Waals surface area contributed by atoms with E-state index in [9.17, 15) is 17.6 Å². The smallest absolute Gasteiger partial charge is 0.203 e. The van der Waals surface area contributed by atoms with Crippen molar-refractivity contribution in [1.82, 2.24) is 4.98 Å². The molecule has 1 aromatic heterocycles. The quantitative estimate of drug-likeness (QED) is 0.402. The topological polar surface area (TPSA) is 12.9 Å². The van der Waals surface area contributed by atoms with Crippen molar-refractivity contribution in [1.29, 1.82) is 0 Å². The molecule has 0 saturated heterocycles. The van der Waals surface area contributed by atoms with Crippen LogP contribution in [0.2, 0.25) is 0 Å². The monoisotopic (exact) mass is 150 g/mol.